The summed E-state index contributed by atoms with van der Waals surface area (Å²) >= 11 is 0. The van der Waals surface area contributed by atoms with E-state index < -0.39 is 29.3 Å². The number of rotatable bonds is 4. The number of halogens is 4. The maximum Gasteiger partial charge on any atom is 0.130 e. The summed E-state index contributed by atoms with van der Waals surface area (Å²) in [6.45, 7) is 1.48. The quantitative estimate of drug-likeness (QED) is 0.516. The highest BCUT2D eigenvalue weighted by Gasteiger charge is 2.19. The largest absolute Gasteiger partial charge is 0.271 e. The fraction of sp³-hybridized carbons (Fsp3) is 0.200. The lowest BCUT2D eigenvalue weighted by Gasteiger charge is -2.18. The molecule has 21 heavy (non-hydrogen) atoms. The fourth-order valence-corrected chi connectivity index (χ4v) is 2.12. The summed E-state index contributed by atoms with van der Waals surface area (Å²) in [5.41, 5.74) is 2.74. The van der Waals surface area contributed by atoms with Gasteiger partial charge in [0.1, 0.15) is 23.3 Å². The van der Waals surface area contributed by atoms with E-state index in [-0.39, 0.29) is 23.1 Å². The molecule has 0 aliphatic heterocycles. The average molecular weight is 298 g/mol. The van der Waals surface area contributed by atoms with Gasteiger partial charge in [-0.3, -0.25) is 11.3 Å². The number of benzene rings is 2. The van der Waals surface area contributed by atoms with Crippen LogP contribution < -0.4 is 11.3 Å². The zero-order valence-corrected chi connectivity index (χ0v) is 11.3. The van der Waals surface area contributed by atoms with Crippen molar-refractivity contribution >= 4 is 0 Å². The molecule has 0 aliphatic rings. The summed E-state index contributed by atoms with van der Waals surface area (Å²) < 4.78 is 53.9. The molecule has 2 nitrogen and oxygen atoms in total. The Morgan fingerprint density at radius 3 is 2.38 bits per heavy atom. The molecular weight excluding hydrogens is 284 g/mol. The maximum atomic E-state index is 13.8. The van der Waals surface area contributed by atoms with Crippen LogP contribution in [-0.4, -0.2) is 0 Å². The molecule has 2 aromatic rings. The summed E-state index contributed by atoms with van der Waals surface area (Å²) in [7, 11) is 0. The first-order valence-electron chi connectivity index (χ1n) is 6.28. The molecule has 0 amide bonds. The highest BCUT2D eigenvalue weighted by atomic mass is 19.1. The molecule has 0 aromatic heterocycles. The van der Waals surface area contributed by atoms with Crippen LogP contribution in [0.1, 0.15) is 22.7 Å². The van der Waals surface area contributed by atoms with Crippen LogP contribution in [0.5, 0.6) is 0 Å². The van der Waals surface area contributed by atoms with E-state index >= 15 is 0 Å². The third-order valence-electron chi connectivity index (χ3n) is 3.29. The van der Waals surface area contributed by atoms with E-state index in [2.05, 4.69) is 5.43 Å². The van der Waals surface area contributed by atoms with Gasteiger partial charge in [-0.25, -0.2) is 17.6 Å². The second-order valence-electron chi connectivity index (χ2n) is 4.78. The summed E-state index contributed by atoms with van der Waals surface area (Å²) in [5, 5.41) is 0. The molecule has 0 spiro atoms. The Bertz CT molecular complexity index is 658. The van der Waals surface area contributed by atoms with E-state index in [1.807, 2.05) is 0 Å². The minimum Gasteiger partial charge on any atom is -0.271 e. The number of hydrogen-bond acceptors (Lipinski definition) is 2. The lowest BCUT2D eigenvalue weighted by Crippen LogP contribution is -2.30. The third-order valence-corrected chi connectivity index (χ3v) is 3.29. The molecule has 0 saturated carbocycles. The molecule has 0 fully saturated rings. The van der Waals surface area contributed by atoms with Crippen LogP contribution in [0.3, 0.4) is 0 Å². The van der Waals surface area contributed by atoms with Gasteiger partial charge >= 0.3 is 0 Å². The lowest BCUT2D eigenvalue weighted by molar-refractivity contribution is 0.489. The minimum absolute atomic E-state index is 0.0549. The number of nitrogens with one attached hydrogen (secondary N) is 1. The predicted octanol–water partition coefficient (Wildman–Crippen LogP) is 3.30. The molecule has 0 saturated heterocycles. The Morgan fingerprint density at radius 2 is 1.71 bits per heavy atom. The van der Waals surface area contributed by atoms with Gasteiger partial charge < -0.3 is 0 Å². The standard InChI is InChI=1S/C15H14F4N2/c1-8-4-11(14(19)7-13(8)18)15(21-20)6-9-5-10(16)2-3-12(9)17/h2-5,7,15,21H,6,20H2,1H3. The molecule has 112 valence electrons. The molecule has 0 bridgehead atoms. The van der Waals surface area contributed by atoms with Gasteiger partial charge in [-0.2, -0.15) is 0 Å². The topological polar surface area (TPSA) is 38.0 Å². The normalized spacial score (nSPS) is 12.5. The van der Waals surface area contributed by atoms with Crippen molar-refractivity contribution in [3.8, 4) is 0 Å². The average Bonchev–Trinajstić information content (AvgIpc) is 2.44. The first-order valence-corrected chi connectivity index (χ1v) is 6.28. The molecule has 0 heterocycles. The number of hydrazine groups is 1. The van der Waals surface area contributed by atoms with Gasteiger partial charge in [0.2, 0.25) is 0 Å². The molecule has 6 heteroatoms. The first-order chi connectivity index (χ1) is 9.92. The smallest absolute Gasteiger partial charge is 0.130 e. The van der Waals surface area contributed by atoms with Crippen molar-refractivity contribution in [1.82, 2.24) is 5.43 Å². The van der Waals surface area contributed by atoms with Crippen molar-refractivity contribution in [3.05, 3.63) is 70.3 Å². The molecule has 3 N–H and O–H groups in total. The second kappa shape index (κ2) is 6.24. The molecule has 1 unspecified atom stereocenters. The monoisotopic (exact) mass is 298 g/mol. The van der Waals surface area contributed by atoms with Crippen molar-refractivity contribution in [2.75, 3.05) is 0 Å². The Morgan fingerprint density at radius 1 is 1.00 bits per heavy atom. The second-order valence-corrected chi connectivity index (χ2v) is 4.78. The van der Waals surface area contributed by atoms with Crippen molar-refractivity contribution < 1.29 is 17.6 Å². The molecule has 2 rings (SSSR count). The third kappa shape index (κ3) is 3.40. The van der Waals surface area contributed by atoms with E-state index in [9.17, 15) is 17.6 Å². The van der Waals surface area contributed by atoms with Crippen LogP contribution in [0.25, 0.3) is 0 Å². The van der Waals surface area contributed by atoms with Crippen molar-refractivity contribution in [2.24, 2.45) is 5.84 Å². The summed E-state index contributed by atoms with van der Waals surface area (Å²) in [6, 6.07) is 4.24. The Kier molecular flexibility index (Phi) is 4.59. The van der Waals surface area contributed by atoms with Crippen molar-refractivity contribution in [1.29, 1.82) is 0 Å². The molecule has 0 radical (unpaired) electrons. The van der Waals surface area contributed by atoms with Crippen LogP contribution in [-0.2, 0) is 6.42 Å². The summed E-state index contributed by atoms with van der Waals surface area (Å²) in [5.74, 6) is 2.69. The van der Waals surface area contributed by atoms with E-state index in [1.165, 1.54) is 13.0 Å². The Labute approximate surface area is 119 Å². The predicted molar refractivity (Wildman–Crippen MR) is 71.2 cm³/mol. The highest BCUT2D eigenvalue weighted by molar-refractivity contribution is 5.30. The van der Waals surface area contributed by atoms with E-state index in [4.69, 9.17) is 5.84 Å². The Hall–Kier alpha value is -1.92. The van der Waals surface area contributed by atoms with E-state index in [0.29, 0.717) is 0 Å². The Balaban J connectivity index is 2.36. The number of nitrogens with two attached hydrogens (primary N) is 1. The number of aryl methyl sites for hydroxylation is 1. The molecule has 0 aliphatic carbocycles. The molecule has 2 aromatic carbocycles. The number of hydrogen-bond donors (Lipinski definition) is 2. The van der Waals surface area contributed by atoms with Crippen LogP contribution >= 0.6 is 0 Å². The lowest BCUT2D eigenvalue weighted by atomic mass is 9.97. The highest BCUT2D eigenvalue weighted by Crippen LogP contribution is 2.24. The fourth-order valence-electron chi connectivity index (χ4n) is 2.12. The zero-order valence-electron chi connectivity index (χ0n) is 11.3. The van der Waals surface area contributed by atoms with Crippen LogP contribution in [0.2, 0.25) is 0 Å². The van der Waals surface area contributed by atoms with E-state index in [1.54, 1.807) is 0 Å². The summed E-state index contributed by atoms with van der Waals surface area (Å²) in [6.07, 6.45) is -0.0674. The van der Waals surface area contributed by atoms with Crippen molar-refractivity contribution in [3.63, 3.8) is 0 Å². The van der Waals surface area contributed by atoms with Gasteiger partial charge in [0.25, 0.3) is 0 Å². The van der Waals surface area contributed by atoms with Crippen molar-refractivity contribution in [2.45, 2.75) is 19.4 Å². The SMILES string of the molecule is Cc1cc(C(Cc2cc(F)ccc2F)NN)c(F)cc1F. The first kappa shape index (κ1) is 15.5. The van der Waals surface area contributed by atoms with Gasteiger partial charge in [-0.1, -0.05) is 0 Å². The van der Waals surface area contributed by atoms with Crippen LogP contribution in [0, 0.1) is 30.2 Å². The van der Waals surface area contributed by atoms with Gasteiger partial charge in [-0.15, -0.1) is 0 Å². The van der Waals surface area contributed by atoms with Gasteiger partial charge in [-0.05, 0) is 48.7 Å². The zero-order chi connectivity index (χ0) is 15.6. The van der Waals surface area contributed by atoms with Gasteiger partial charge in [0.15, 0.2) is 0 Å². The van der Waals surface area contributed by atoms with Crippen LogP contribution in [0.15, 0.2) is 30.3 Å². The van der Waals surface area contributed by atoms with Gasteiger partial charge in [0, 0.05) is 11.6 Å². The minimum atomic E-state index is -0.805. The van der Waals surface area contributed by atoms with Gasteiger partial charge in [0.05, 0.1) is 6.04 Å². The molecular formula is C15H14F4N2. The van der Waals surface area contributed by atoms with Crippen LogP contribution in [0.4, 0.5) is 17.6 Å². The molecule has 1 atom stereocenters. The summed E-state index contributed by atoms with van der Waals surface area (Å²) in [4.78, 5) is 0. The maximum absolute atomic E-state index is 13.8. The van der Waals surface area contributed by atoms with E-state index in [0.717, 1.165) is 24.3 Å².